The number of nitrogens with zero attached hydrogens (tertiary/aromatic N) is 4. The van der Waals surface area contributed by atoms with Crippen LogP contribution in [-0.4, -0.2) is 38.3 Å². The predicted octanol–water partition coefficient (Wildman–Crippen LogP) is 3.38. The molecule has 0 aliphatic carbocycles. The number of amides is 1. The highest BCUT2D eigenvalue weighted by Gasteiger charge is 2.27. The van der Waals surface area contributed by atoms with Crippen LogP contribution in [0.25, 0.3) is 16.9 Å². The van der Waals surface area contributed by atoms with Crippen molar-refractivity contribution in [2.24, 2.45) is 0 Å². The molecule has 0 atom stereocenters. The van der Waals surface area contributed by atoms with Gasteiger partial charge in [-0.15, -0.1) is 0 Å². The Morgan fingerprint density at radius 2 is 2.00 bits per heavy atom. The molecule has 5 heterocycles. The average molecular weight is 413 g/mol. The Morgan fingerprint density at radius 3 is 2.90 bits per heavy atom. The van der Waals surface area contributed by atoms with Crippen LogP contribution in [0.3, 0.4) is 0 Å². The number of hydrogen-bond acceptors (Lipinski definition) is 4. The van der Waals surface area contributed by atoms with Crippen molar-refractivity contribution in [2.45, 2.75) is 31.8 Å². The SMILES string of the molecule is O=C1NCc2c(-c3cnc4ccccn34)ccc(Cc3ccn(C4CCOCC4)n3)c21. The van der Waals surface area contributed by atoms with E-state index in [1.165, 1.54) is 0 Å². The minimum atomic E-state index is -0.00969. The van der Waals surface area contributed by atoms with Gasteiger partial charge in [0.1, 0.15) is 5.65 Å². The zero-order valence-corrected chi connectivity index (χ0v) is 17.1. The van der Waals surface area contributed by atoms with E-state index in [2.05, 4.69) is 43.8 Å². The monoisotopic (exact) mass is 413 g/mol. The van der Waals surface area contributed by atoms with E-state index in [4.69, 9.17) is 9.84 Å². The summed E-state index contributed by atoms with van der Waals surface area (Å²) in [5.41, 5.74) is 6.75. The second-order valence-corrected chi connectivity index (χ2v) is 8.19. The highest BCUT2D eigenvalue weighted by atomic mass is 16.5. The van der Waals surface area contributed by atoms with E-state index in [-0.39, 0.29) is 5.91 Å². The maximum absolute atomic E-state index is 12.7. The summed E-state index contributed by atoms with van der Waals surface area (Å²) >= 11 is 0. The quantitative estimate of drug-likeness (QED) is 0.557. The first-order chi connectivity index (χ1) is 15.3. The number of hydrogen-bond donors (Lipinski definition) is 1. The van der Waals surface area contributed by atoms with E-state index in [0.717, 1.165) is 65.3 Å². The Kier molecular flexibility index (Phi) is 4.35. The fourth-order valence-corrected chi connectivity index (χ4v) is 4.76. The zero-order valence-electron chi connectivity index (χ0n) is 17.1. The normalized spacial score (nSPS) is 16.6. The van der Waals surface area contributed by atoms with Gasteiger partial charge in [0.05, 0.1) is 23.6 Å². The smallest absolute Gasteiger partial charge is 0.252 e. The van der Waals surface area contributed by atoms with Crippen molar-refractivity contribution in [1.82, 2.24) is 24.5 Å². The molecule has 156 valence electrons. The van der Waals surface area contributed by atoms with Crippen molar-refractivity contribution in [3.05, 3.63) is 77.4 Å². The molecule has 3 aromatic heterocycles. The van der Waals surface area contributed by atoms with Crippen molar-refractivity contribution in [1.29, 1.82) is 0 Å². The molecule has 1 fully saturated rings. The molecule has 6 rings (SSSR count). The summed E-state index contributed by atoms with van der Waals surface area (Å²) in [4.78, 5) is 17.3. The molecule has 0 bridgehead atoms. The minimum Gasteiger partial charge on any atom is -0.381 e. The molecule has 0 spiro atoms. The Hall–Kier alpha value is -3.45. The third kappa shape index (κ3) is 3.13. The molecule has 0 saturated carbocycles. The lowest BCUT2D eigenvalue weighted by Gasteiger charge is -2.22. The molecular weight excluding hydrogens is 390 g/mol. The maximum Gasteiger partial charge on any atom is 0.252 e. The Labute approximate surface area is 179 Å². The number of carbonyl (C=O) groups excluding carboxylic acids is 1. The lowest BCUT2D eigenvalue weighted by Crippen LogP contribution is -2.20. The highest BCUT2D eigenvalue weighted by Crippen LogP contribution is 2.33. The Bertz CT molecular complexity index is 1280. The van der Waals surface area contributed by atoms with E-state index in [0.29, 0.717) is 19.0 Å². The number of nitrogens with one attached hydrogen (secondary N) is 1. The lowest BCUT2D eigenvalue weighted by atomic mass is 9.94. The van der Waals surface area contributed by atoms with E-state index in [1.807, 2.05) is 30.6 Å². The van der Waals surface area contributed by atoms with Crippen LogP contribution in [-0.2, 0) is 17.7 Å². The van der Waals surface area contributed by atoms with Crippen molar-refractivity contribution in [2.75, 3.05) is 13.2 Å². The number of ether oxygens (including phenoxy) is 1. The summed E-state index contributed by atoms with van der Waals surface area (Å²) < 4.78 is 9.59. The van der Waals surface area contributed by atoms with Gasteiger partial charge < -0.3 is 10.1 Å². The minimum absolute atomic E-state index is 0.00969. The first-order valence-electron chi connectivity index (χ1n) is 10.7. The number of benzene rings is 1. The summed E-state index contributed by atoms with van der Waals surface area (Å²) in [5.74, 6) is -0.00969. The molecule has 0 unspecified atom stereocenters. The van der Waals surface area contributed by atoms with Gasteiger partial charge in [0, 0.05) is 49.7 Å². The van der Waals surface area contributed by atoms with Crippen LogP contribution in [0, 0.1) is 0 Å². The van der Waals surface area contributed by atoms with Crippen LogP contribution in [0.1, 0.15) is 46.1 Å². The van der Waals surface area contributed by atoms with Crippen LogP contribution < -0.4 is 5.32 Å². The van der Waals surface area contributed by atoms with Crippen molar-refractivity contribution in [3.63, 3.8) is 0 Å². The first-order valence-corrected chi connectivity index (χ1v) is 10.7. The lowest BCUT2D eigenvalue weighted by molar-refractivity contribution is 0.0661. The molecule has 7 nitrogen and oxygen atoms in total. The van der Waals surface area contributed by atoms with Crippen molar-refractivity contribution in [3.8, 4) is 11.3 Å². The second kappa shape index (κ2) is 7.35. The molecule has 2 aliphatic rings. The summed E-state index contributed by atoms with van der Waals surface area (Å²) in [6.45, 7) is 2.12. The third-order valence-corrected chi connectivity index (χ3v) is 6.35. The van der Waals surface area contributed by atoms with Gasteiger partial charge in [0.25, 0.3) is 5.91 Å². The fourth-order valence-electron chi connectivity index (χ4n) is 4.76. The molecule has 1 aromatic carbocycles. The number of rotatable bonds is 4. The molecule has 1 amide bonds. The van der Waals surface area contributed by atoms with Crippen molar-refractivity contribution >= 4 is 11.6 Å². The summed E-state index contributed by atoms with van der Waals surface area (Å²) in [5, 5.41) is 7.82. The number of fused-ring (bicyclic) bond motifs is 2. The fraction of sp³-hybridized carbons (Fsp3) is 0.292. The van der Waals surface area contributed by atoms with Gasteiger partial charge in [0.2, 0.25) is 0 Å². The number of imidazole rings is 1. The summed E-state index contributed by atoms with van der Waals surface area (Å²) in [6.07, 6.45) is 8.56. The van der Waals surface area contributed by atoms with Crippen LogP contribution >= 0.6 is 0 Å². The van der Waals surface area contributed by atoms with Gasteiger partial charge in [-0.1, -0.05) is 18.2 Å². The second-order valence-electron chi connectivity index (χ2n) is 8.19. The van der Waals surface area contributed by atoms with Gasteiger partial charge in [-0.2, -0.15) is 5.10 Å². The van der Waals surface area contributed by atoms with E-state index >= 15 is 0 Å². The van der Waals surface area contributed by atoms with Crippen LogP contribution in [0.15, 0.2) is 55.0 Å². The van der Waals surface area contributed by atoms with Gasteiger partial charge in [0.15, 0.2) is 0 Å². The van der Waals surface area contributed by atoms with Gasteiger partial charge in [-0.05, 0) is 42.2 Å². The Morgan fingerprint density at radius 1 is 1.10 bits per heavy atom. The topological polar surface area (TPSA) is 73.5 Å². The highest BCUT2D eigenvalue weighted by molar-refractivity contribution is 6.02. The van der Waals surface area contributed by atoms with Gasteiger partial charge in [-0.3, -0.25) is 13.9 Å². The predicted molar refractivity (Wildman–Crippen MR) is 116 cm³/mol. The molecule has 0 radical (unpaired) electrons. The zero-order chi connectivity index (χ0) is 20.8. The van der Waals surface area contributed by atoms with E-state index < -0.39 is 0 Å². The molecule has 7 heteroatoms. The van der Waals surface area contributed by atoms with Crippen molar-refractivity contribution < 1.29 is 9.53 Å². The Balaban J connectivity index is 1.36. The van der Waals surface area contributed by atoms with E-state index in [9.17, 15) is 4.79 Å². The summed E-state index contributed by atoms with van der Waals surface area (Å²) in [6, 6.07) is 12.6. The molecular formula is C24H23N5O2. The maximum atomic E-state index is 12.7. The van der Waals surface area contributed by atoms with Gasteiger partial charge >= 0.3 is 0 Å². The summed E-state index contributed by atoms with van der Waals surface area (Å²) in [7, 11) is 0. The first kappa shape index (κ1) is 18.3. The molecule has 2 aliphatic heterocycles. The molecule has 31 heavy (non-hydrogen) atoms. The van der Waals surface area contributed by atoms with Crippen LogP contribution in [0.2, 0.25) is 0 Å². The molecule has 1 N–H and O–H groups in total. The molecule has 1 saturated heterocycles. The number of pyridine rings is 1. The number of aromatic nitrogens is 4. The molecule has 4 aromatic rings. The van der Waals surface area contributed by atoms with Crippen LogP contribution in [0.5, 0.6) is 0 Å². The average Bonchev–Trinajstić information content (AvgIpc) is 3.54. The van der Waals surface area contributed by atoms with Gasteiger partial charge in [-0.25, -0.2) is 4.98 Å². The third-order valence-electron chi connectivity index (χ3n) is 6.35. The van der Waals surface area contributed by atoms with E-state index in [1.54, 1.807) is 0 Å². The largest absolute Gasteiger partial charge is 0.381 e. The number of carbonyl (C=O) groups is 1. The standard InChI is InChI=1S/C24H23N5O2/c30-24-23-16(13-17-6-10-29(27-17)18-7-11-31-12-8-18)4-5-19(20(23)14-26-24)21-15-25-22-3-1-2-9-28(21)22/h1-6,9-10,15,18H,7-8,11-14H2,(H,26,30). The van der Waals surface area contributed by atoms with Crippen LogP contribution in [0.4, 0.5) is 0 Å².